The van der Waals surface area contributed by atoms with E-state index in [1.54, 1.807) is 13.8 Å². The van der Waals surface area contributed by atoms with Crippen LogP contribution in [0.15, 0.2) is 91.0 Å². The number of rotatable bonds is 15. The van der Waals surface area contributed by atoms with E-state index in [0.29, 0.717) is 25.9 Å². The van der Waals surface area contributed by atoms with Gasteiger partial charge in [-0.25, -0.2) is 4.79 Å². The highest BCUT2D eigenvalue weighted by atomic mass is 16.6. The molecule has 0 saturated carbocycles. The van der Waals surface area contributed by atoms with Crippen molar-refractivity contribution < 1.29 is 28.7 Å². The normalized spacial score (nSPS) is 17.8. The van der Waals surface area contributed by atoms with Gasteiger partial charge in [0.05, 0.1) is 18.7 Å². The number of ketones is 2. The van der Waals surface area contributed by atoms with Gasteiger partial charge in [0.25, 0.3) is 0 Å². The quantitative estimate of drug-likeness (QED) is 0.258. The molecule has 1 unspecified atom stereocenters. The summed E-state index contributed by atoms with van der Waals surface area (Å²) < 4.78 is 10.7. The number of amides is 2. The van der Waals surface area contributed by atoms with Crippen molar-refractivity contribution in [3.8, 4) is 0 Å². The van der Waals surface area contributed by atoms with Crippen molar-refractivity contribution in [2.45, 2.75) is 63.8 Å². The van der Waals surface area contributed by atoms with E-state index in [1.165, 1.54) is 0 Å². The summed E-state index contributed by atoms with van der Waals surface area (Å²) in [5.41, 5.74) is 1.70. The van der Waals surface area contributed by atoms with Crippen LogP contribution in [0.5, 0.6) is 0 Å². The molecule has 3 aromatic rings. The lowest BCUT2D eigenvalue weighted by Gasteiger charge is -2.24. The maximum Gasteiger partial charge on any atom is 0.408 e. The third kappa shape index (κ3) is 8.85. The minimum absolute atomic E-state index is 0.0792. The Morgan fingerprint density at radius 1 is 0.786 bits per heavy atom. The summed E-state index contributed by atoms with van der Waals surface area (Å²) in [5.74, 6) is -1.63. The lowest BCUT2D eigenvalue weighted by atomic mass is 9.89. The van der Waals surface area contributed by atoms with E-state index < -0.39 is 35.6 Å². The van der Waals surface area contributed by atoms with E-state index in [0.717, 1.165) is 16.7 Å². The number of hydrogen-bond donors (Lipinski definition) is 2. The van der Waals surface area contributed by atoms with Gasteiger partial charge >= 0.3 is 6.09 Å². The van der Waals surface area contributed by atoms with Gasteiger partial charge in [-0.05, 0) is 42.9 Å². The van der Waals surface area contributed by atoms with Crippen LogP contribution in [0.4, 0.5) is 4.79 Å². The number of nitrogens with one attached hydrogen (secondary N) is 2. The van der Waals surface area contributed by atoms with Crippen LogP contribution in [0.2, 0.25) is 0 Å². The summed E-state index contributed by atoms with van der Waals surface area (Å²) in [6, 6.07) is 26.5. The molecule has 4 atom stereocenters. The van der Waals surface area contributed by atoms with Crippen LogP contribution in [0, 0.1) is 5.92 Å². The smallest absolute Gasteiger partial charge is 0.408 e. The van der Waals surface area contributed by atoms with Gasteiger partial charge in [-0.15, -0.1) is 0 Å². The molecule has 220 valence electrons. The van der Waals surface area contributed by atoms with E-state index in [9.17, 15) is 19.2 Å². The lowest BCUT2D eigenvalue weighted by molar-refractivity contribution is -0.134. The third-order valence-electron chi connectivity index (χ3n) is 7.46. The van der Waals surface area contributed by atoms with Gasteiger partial charge in [0.2, 0.25) is 5.91 Å². The molecule has 42 heavy (non-hydrogen) atoms. The van der Waals surface area contributed by atoms with E-state index in [-0.39, 0.29) is 24.6 Å². The SMILES string of the molecule is CC[C@@H](NC(=O)OCc1ccccc1)C(=O)C[C@@H](Cc1ccccc1)C(=O)N[C@@H](Cc1ccccc1)C(=O)C1(C)CO1. The fourth-order valence-electron chi connectivity index (χ4n) is 4.83. The molecule has 0 aromatic heterocycles. The number of Topliss-reactive ketones (excluding diaryl/α,β-unsaturated/α-hetero) is 2. The Balaban J connectivity index is 1.45. The molecule has 0 radical (unpaired) electrons. The van der Waals surface area contributed by atoms with E-state index in [4.69, 9.17) is 9.47 Å². The average Bonchev–Trinajstić information content (AvgIpc) is 3.77. The van der Waals surface area contributed by atoms with Crippen molar-refractivity contribution >= 4 is 23.6 Å². The van der Waals surface area contributed by atoms with Crippen molar-refractivity contribution in [3.05, 3.63) is 108 Å². The van der Waals surface area contributed by atoms with Gasteiger partial charge < -0.3 is 20.1 Å². The standard InChI is InChI=1S/C34H38N2O6/c1-3-28(36-33(40)41-22-26-17-11-6-12-18-26)30(37)21-27(19-24-13-7-4-8-14-24)32(39)35-29(31(38)34(2)23-42-34)20-25-15-9-5-10-16-25/h4-18,27-29H,3,19-23H2,1-2H3,(H,35,39)(H,36,40)/t27-,28-,29+,34?/m1/s1. The second-order valence-electron chi connectivity index (χ2n) is 10.9. The molecule has 0 bridgehead atoms. The topological polar surface area (TPSA) is 114 Å². The molecule has 1 heterocycles. The molecular formula is C34H38N2O6. The Kier molecular flexibility index (Phi) is 10.6. The fourth-order valence-corrected chi connectivity index (χ4v) is 4.83. The first-order valence-electron chi connectivity index (χ1n) is 14.3. The Bertz CT molecular complexity index is 1340. The summed E-state index contributed by atoms with van der Waals surface area (Å²) in [4.78, 5) is 53.0. The summed E-state index contributed by atoms with van der Waals surface area (Å²) in [7, 11) is 0. The summed E-state index contributed by atoms with van der Waals surface area (Å²) in [6.45, 7) is 3.90. The first-order valence-corrected chi connectivity index (χ1v) is 14.3. The monoisotopic (exact) mass is 570 g/mol. The van der Waals surface area contributed by atoms with Crippen LogP contribution in [0.25, 0.3) is 0 Å². The maximum absolute atomic E-state index is 13.8. The van der Waals surface area contributed by atoms with Crippen molar-refractivity contribution in [1.29, 1.82) is 0 Å². The van der Waals surface area contributed by atoms with Gasteiger partial charge in [0, 0.05) is 12.3 Å². The van der Waals surface area contributed by atoms with Crippen LogP contribution >= 0.6 is 0 Å². The molecule has 1 fully saturated rings. The highest BCUT2D eigenvalue weighted by molar-refractivity contribution is 5.98. The van der Waals surface area contributed by atoms with Gasteiger partial charge in [0.15, 0.2) is 11.6 Å². The van der Waals surface area contributed by atoms with E-state index in [2.05, 4.69) is 10.6 Å². The molecule has 2 amide bonds. The minimum atomic E-state index is -0.922. The molecule has 8 heteroatoms. The second kappa shape index (κ2) is 14.5. The van der Waals surface area contributed by atoms with Crippen molar-refractivity contribution in [2.24, 2.45) is 5.92 Å². The summed E-state index contributed by atoms with van der Waals surface area (Å²) in [6.07, 6.45) is 0.132. The summed E-state index contributed by atoms with van der Waals surface area (Å²) >= 11 is 0. The Morgan fingerprint density at radius 2 is 1.31 bits per heavy atom. The van der Waals surface area contributed by atoms with Crippen LogP contribution in [0.3, 0.4) is 0 Å². The molecule has 3 aromatic carbocycles. The number of benzene rings is 3. The number of ether oxygens (including phenoxy) is 2. The van der Waals surface area contributed by atoms with Gasteiger partial charge in [-0.3, -0.25) is 14.4 Å². The number of epoxide rings is 1. The zero-order valence-corrected chi connectivity index (χ0v) is 24.1. The Morgan fingerprint density at radius 3 is 1.83 bits per heavy atom. The Labute approximate surface area is 246 Å². The van der Waals surface area contributed by atoms with E-state index >= 15 is 0 Å². The van der Waals surface area contributed by atoms with E-state index in [1.807, 2.05) is 91.0 Å². The fraction of sp³-hybridized carbons (Fsp3) is 0.353. The molecule has 2 N–H and O–H groups in total. The predicted octanol–water partition coefficient (Wildman–Crippen LogP) is 4.60. The van der Waals surface area contributed by atoms with Gasteiger partial charge in [-0.2, -0.15) is 0 Å². The predicted molar refractivity (Wildman–Crippen MR) is 159 cm³/mol. The van der Waals surface area contributed by atoms with Crippen molar-refractivity contribution in [2.75, 3.05) is 6.61 Å². The molecule has 4 rings (SSSR count). The van der Waals surface area contributed by atoms with Crippen LogP contribution in [-0.4, -0.2) is 47.9 Å². The highest BCUT2D eigenvalue weighted by Gasteiger charge is 2.50. The second-order valence-corrected chi connectivity index (χ2v) is 10.9. The van der Waals surface area contributed by atoms with Crippen LogP contribution in [0.1, 0.15) is 43.4 Å². The molecule has 1 aliphatic heterocycles. The number of carbonyl (C=O) groups excluding carboxylic acids is 4. The largest absolute Gasteiger partial charge is 0.445 e. The molecule has 0 aliphatic carbocycles. The highest BCUT2D eigenvalue weighted by Crippen LogP contribution is 2.29. The lowest BCUT2D eigenvalue weighted by Crippen LogP contribution is -2.50. The average molecular weight is 571 g/mol. The number of carbonyl (C=O) groups is 4. The zero-order chi connectivity index (χ0) is 30.0. The maximum atomic E-state index is 13.8. The number of hydrogen-bond acceptors (Lipinski definition) is 6. The molecule has 0 spiro atoms. The molecule has 1 aliphatic rings. The minimum Gasteiger partial charge on any atom is -0.445 e. The van der Waals surface area contributed by atoms with Crippen molar-refractivity contribution in [3.63, 3.8) is 0 Å². The first-order chi connectivity index (χ1) is 20.3. The summed E-state index contributed by atoms with van der Waals surface area (Å²) in [5, 5.41) is 5.59. The molecule has 1 saturated heterocycles. The van der Waals surface area contributed by atoms with Crippen LogP contribution in [-0.2, 0) is 43.3 Å². The first kappa shape index (κ1) is 30.7. The van der Waals surface area contributed by atoms with Crippen LogP contribution < -0.4 is 10.6 Å². The third-order valence-corrected chi connectivity index (χ3v) is 7.46. The zero-order valence-electron chi connectivity index (χ0n) is 24.1. The van der Waals surface area contributed by atoms with Gasteiger partial charge in [-0.1, -0.05) is 97.9 Å². The molecular weight excluding hydrogens is 532 g/mol. The Hall–Kier alpha value is -4.30. The van der Waals surface area contributed by atoms with Crippen molar-refractivity contribution in [1.82, 2.24) is 10.6 Å². The molecule has 8 nitrogen and oxygen atoms in total. The number of alkyl carbamates (subject to hydrolysis) is 1. The van der Waals surface area contributed by atoms with Gasteiger partial charge in [0.1, 0.15) is 12.2 Å².